The summed E-state index contributed by atoms with van der Waals surface area (Å²) in [7, 11) is -2.53. The van der Waals surface area contributed by atoms with Crippen LogP contribution in [0.25, 0.3) is 10.8 Å². The Kier molecular flexibility index (Phi) is 8.14. The number of rotatable bonds is 10. The van der Waals surface area contributed by atoms with Crippen molar-refractivity contribution in [3.05, 3.63) is 102 Å². The van der Waals surface area contributed by atoms with Crippen molar-refractivity contribution in [2.24, 2.45) is 5.92 Å². The Balaban J connectivity index is 1.52. The van der Waals surface area contributed by atoms with Crippen LogP contribution in [0, 0.1) is 12.8 Å². The number of fused-ring (bicyclic) bond motifs is 1. The molecule has 1 N–H and O–H groups in total. The Morgan fingerprint density at radius 3 is 2.41 bits per heavy atom. The van der Waals surface area contributed by atoms with E-state index in [2.05, 4.69) is 36.5 Å². The Bertz CT molecular complexity index is 1480. The zero-order chi connectivity index (χ0) is 26.4. The second kappa shape index (κ2) is 11.5. The highest BCUT2D eigenvalue weighted by Gasteiger charge is 2.29. The van der Waals surface area contributed by atoms with Gasteiger partial charge in [0.2, 0.25) is 5.91 Å². The zero-order valence-electron chi connectivity index (χ0n) is 21.3. The van der Waals surface area contributed by atoms with Crippen molar-refractivity contribution in [2.75, 3.05) is 24.5 Å². The fourth-order valence-electron chi connectivity index (χ4n) is 4.41. The summed E-state index contributed by atoms with van der Waals surface area (Å²) < 4.78 is 33.9. The molecule has 0 aliphatic heterocycles. The lowest BCUT2D eigenvalue weighted by molar-refractivity contribution is -0.119. The zero-order valence-corrected chi connectivity index (χ0v) is 22.2. The minimum Gasteiger partial charge on any atom is -0.495 e. The number of ether oxygens (including phenoxy) is 1. The summed E-state index contributed by atoms with van der Waals surface area (Å²) in [5.74, 6) is 0.150. The van der Waals surface area contributed by atoms with Gasteiger partial charge in [-0.25, -0.2) is 8.42 Å². The highest BCUT2D eigenvalue weighted by Crippen LogP contribution is 2.33. The molecule has 4 rings (SSSR count). The van der Waals surface area contributed by atoms with Crippen LogP contribution in [0.2, 0.25) is 0 Å². The number of nitrogens with one attached hydrogen (secondary N) is 1. The van der Waals surface area contributed by atoms with Gasteiger partial charge in [0.05, 0.1) is 17.7 Å². The van der Waals surface area contributed by atoms with Gasteiger partial charge in [0.15, 0.2) is 0 Å². The largest absolute Gasteiger partial charge is 0.495 e. The van der Waals surface area contributed by atoms with Gasteiger partial charge in [-0.1, -0.05) is 73.7 Å². The smallest absolute Gasteiger partial charge is 0.264 e. The van der Waals surface area contributed by atoms with Crippen LogP contribution in [0.4, 0.5) is 5.69 Å². The average Bonchev–Trinajstić information content (AvgIpc) is 2.91. The van der Waals surface area contributed by atoms with Gasteiger partial charge in [0.25, 0.3) is 10.0 Å². The van der Waals surface area contributed by atoms with Crippen LogP contribution >= 0.6 is 0 Å². The molecule has 0 spiro atoms. The van der Waals surface area contributed by atoms with E-state index in [1.165, 1.54) is 35.6 Å². The topological polar surface area (TPSA) is 75.7 Å². The van der Waals surface area contributed by atoms with Crippen molar-refractivity contribution >= 4 is 32.4 Å². The number of carbonyl (C=O) groups excluding carboxylic acids is 1. The molecule has 0 bridgehead atoms. The van der Waals surface area contributed by atoms with E-state index in [9.17, 15) is 13.2 Å². The van der Waals surface area contributed by atoms with Crippen LogP contribution in [-0.4, -0.2) is 34.5 Å². The van der Waals surface area contributed by atoms with Crippen LogP contribution in [0.1, 0.15) is 18.1 Å². The molecule has 4 aromatic rings. The number of sulfonamides is 1. The minimum absolute atomic E-state index is 0.107. The molecule has 0 radical (unpaired) electrons. The first kappa shape index (κ1) is 26.2. The molecule has 1 unspecified atom stereocenters. The van der Waals surface area contributed by atoms with Gasteiger partial charge in [-0.3, -0.25) is 9.10 Å². The van der Waals surface area contributed by atoms with Gasteiger partial charge in [-0.2, -0.15) is 0 Å². The lowest BCUT2D eigenvalue weighted by atomic mass is 9.96. The Labute approximate surface area is 218 Å². The first-order chi connectivity index (χ1) is 17.8. The molecule has 0 saturated heterocycles. The van der Waals surface area contributed by atoms with E-state index in [0.717, 1.165) is 16.3 Å². The van der Waals surface area contributed by atoms with E-state index in [1.807, 2.05) is 31.2 Å². The first-order valence-electron chi connectivity index (χ1n) is 12.3. The molecule has 1 amide bonds. The van der Waals surface area contributed by atoms with Crippen molar-refractivity contribution in [3.63, 3.8) is 0 Å². The maximum absolute atomic E-state index is 13.6. The Morgan fingerprint density at radius 2 is 1.65 bits per heavy atom. The number of carbonyl (C=O) groups is 1. The molecule has 192 valence electrons. The fourth-order valence-corrected chi connectivity index (χ4v) is 5.85. The standard InChI is InChI=1S/C30H32N2O4S/c1-22-16-17-29(36-3)28(19-22)32(37(34,35)26-13-5-4-6-14-26)21-30(33)31-20-23(2)18-25-12-9-11-24-10-7-8-15-27(24)25/h4-17,19,23H,18,20-21H2,1-3H3,(H,31,33). The normalized spacial score (nSPS) is 12.2. The summed E-state index contributed by atoms with van der Waals surface area (Å²) >= 11 is 0. The maximum atomic E-state index is 13.6. The minimum atomic E-state index is -4.02. The maximum Gasteiger partial charge on any atom is 0.264 e. The van der Waals surface area contributed by atoms with E-state index in [0.29, 0.717) is 18.0 Å². The van der Waals surface area contributed by atoms with E-state index in [-0.39, 0.29) is 23.3 Å². The number of anilines is 1. The SMILES string of the molecule is COc1ccc(C)cc1N(CC(=O)NCC(C)Cc1cccc2ccccc12)S(=O)(=O)c1ccccc1. The molecule has 0 saturated carbocycles. The monoisotopic (exact) mass is 516 g/mol. The fraction of sp³-hybridized carbons (Fsp3) is 0.233. The van der Waals surface area contributed by atoms with Gasteiger partial charge < -0.3 is 10.1 Å². The Hall–Kier alpha value is -3.84. The molecule has 0 fully saturated rings. The number of hydrogen-bond donors (Lipinski definition) is 1. The van der Waals surface area contributed by atoms with E-state index >= 15 is 0 Å². The van der Waals surface area contributed by atoms with Crippen LogP contribution in [0.5, 0.6) is 5.75 Å². The average molecular weight is 517 g/mol. The number of benzene rings is 4. The highest BCUT2D eigenvalue weighted by molar-refractivity contribution is 7.92. The second-order valence-corrected chi connectivity index (χ2v) is 11.1. The van der Waals surface area contributed by atoms with Crippen LogP contribution < -0.4 is 14.4 Å². The lowest BCUT2D eigenvalue weighted by Gasteiger charge is -2.26. The molecule has 0 aromatic heterocycles. The van der Waals surface area contributed by atoms with Gasteiger partial charge in [0.1, 0.15) is 12.3 Å². The summed E-state index contributed by atoms with van der Waals surface area (Å²) in [5, 5.41) is 5.33. The van der Waals surface area contributed by atoms with Gasteiger partial charge in [-0.15, -0.1) is 0 Å². The molecule has 7 heteroatoms. The van der Waals surface area contributed by atoms with Crippen molar-refractivity contribution in [1.82, 2.24) is 5.32 Å². The molecule has 4 aromatic carbocycles. The van der Waals surface area contributed by atoms with Crippen molar-refractivity contribution < 1.29 is 17.9 Å². The summed E-state index contributed by atoms with van der Waals surface area (Å²) in [6.07, 6.45) is 0.791. The third-order valence-electron chi connectivity index (χ3n) is 6.32. The molecule has 0 aliphatic carbocycles. The van der Waals surface area contributed by atoms with Crippen LogP contribution in [-0.2, 0) is 21.2 Å². The number of aryl methyl sites for hydroxylation is 1. The van der Waals surface area contributed by atoms with Gasteiger partial charge >= 0.3 is 0 Å². The Morgan fingerprint density at radius 1 is 0.946 bits per heavy atom. The van der Waals surface area contributed by atoms with Crippen molar-refractivity contribution in [3.8, 4) is 5.75 Å². The molecule has 0 heterocycles. The van der Waals surface area contributed by atoms with Gasteiger partial charge in [0, 0.05) is 6.54 Å². The number of hydrogen-bond acceptors (Lipinski definition) is 4. The van der Waals surface area contributed by atoms with Crippen molar-refractivity contribution in [1.29, 1.82) is 0 Å². The third kappa shape index (κ3) is 6.12. The summed E-state index contributed by atoms with van der Waals surface area (Å²) in [6, 6.07) is 27.9. The summed E-state index contributed by atoms with van der Waals surface area (Å²) in [4.78, 5) is 13.2. The first-order valence-corrected chi connectivity index (χ1v) is 13.7. The quantitative estimate of drug-likeness (QED) is 0.308. The molecule has 6 nitrogen and oxygen atoms in total. The second-order valence-electron chi connectivity index (χ2n) is 9.25. The van der Waals surface area contributed by atoms with Crippen LogP contribution in [0.3, 0.4) is 0 Å². The predicted octanol–water partition coefficient (Wildman–Crippen LogP) is 5.35. The van der Waals surface area contributed by atoms with Crippen LogP contribution in [0.15, 0.2) is 95.9 Å². The molecule has 0 aliphatic rings. The molecular formula is C30H32N2O4S. The van der Waals surface area contributed by atoms with E-state index < -0.39 is 10.0 Å². The van der Waals surface area contributed by atoms with Gasteiger partial charge in [-0.05, 0) is 65.4 Å². The molecule has 1 atom stereocenters. The third-order valence-corrected chi connectivity index (χ3v) is 8.09. The summed E-state index contributed by atoms with van der Waals surface area (Å²) in [5.41, 5.74) is 2.40. The summed E-state index contributed by atoms with van der Waals surface area (Å²) in [6.45, 7) is 4.00. The van der Waals surface area contributed by atoms with E-state index in [4.69, 9.17) is 4.74 Å². The van der Waals surface area contributed by atoms with E-state index in [1.54, 1.807) is 30.3 Å². The molecule has 37 heavy (non-hydrogen) atoms. The number of amides is 1. The molecular weight excluding hydrogens is 484 g/mol. The van der Waals surface area contributed by atoms with Crippen molar-refractivity contribution in [2.45, 2.75) is 25.2 Å². The lowest BCUT2D eigenvalue weighted by Crippen LogP contribution is -2.42. The number of nitrogens with zero attached hydrogens (tertiary/aromatic N) is 1. The highest BCUT2D eigenvalue weighted by atomic mass is 32.2. The number of methoxy groups -OCH3 is 1. The predicted molar refractivity (Wildman–Crippen MR) is 149 cm³/mol.